The van der Waals surface area contributed by atoms with Crippen molar-refractivity contribution < 1.29 is 26.7 Å². The zero-order valence-corrected chi connectivity index (χ0v) is 21.1. The highest BCUT2D eigenvalue weighted by Crippen LogP contribution is 2.40. The highest BCUT2D eigenvalue weighted by atomic mass is 19.3. The standard InChI is InChI=1S/C31H33F5O/c1-2-3-4-5-8-21-11-13-22(14-12-21)23-15-17-25(18-16-23)31(35,36)37-29-10-7-6-9-26(29)24-19-27(32)30(34)28(33)20-24/h6-7,9-10,15-22H,2-5,8,11-14H2,1H3. The van der Waals surface area contributed by atoms with E-state index in [2.05, 4.69) is 6.92 Å². The molecule has 0 bridgehead atoms. The topological polar surface area (TPSA) is 9.23 Å². The molecule has 37 heavy (non-hydrogen) atoms. The lowest BCUT2D eigenvalue weighted by atomic mass is 9.77. The van der Waals surface area contributed by atoms with Crippen LogP contribution in [0.2, 0.25) is 0 Å². The van der Waals surface area contributed by atoms with Crippen molar-refractivity contribution >= 4 is 0 Å². The van der Waals surface area contributed by atoms with Gasteiger partial charge in [-0.05, 0) is 79.0 Å². The largest absolute Gasteiger partial charge is 0.428 e. The van der Waals surface area contributed by atoms with E-state index in [1.54, 1.807) is 12.1 Å². The first-order chi connectivity index (χ1) is 17.8. The third kappa shape index (κ3) is 6.71. The van der Waals surface area contributed by atoms with Crippen LogP contribution in [0.15, 0.2) is 60.7 Å². The summed E-state index contributed by atoms with van der Waals surface area (Å²) in [5.74, 6) is -3.55. The van der Waals surface area contributed by atoms with E-state index in [9.17, 15) is 13.2 Å². The fourth-order valence-corrected chi connectivity index (χ4v) is 5.30. The Morgan fingerprint density at radius 3 is 2.11 bits per heavy atom. The van der Waals surface area contributed by atoms with Gasteiger partial charge in [0.05, 0.1) is 5.56 Å². The fraction of sp³-hybridized carbons (Fsp3) is 0.419. The molecule has 0 heterocycles. The van der Waals surface area contributed by atoms with Gasteiger partial charge >= 0.3 is 6.11 Å². The first-order valence-electron chi connectivity index (χ1n) is 13.2. The molecule has 1 saturated carbocycles. The summed E-state index contributed by atoms with van der Waals surface area (Å²) in [5, 5.41) is 0. The molecule has 1 fully saturated rings. The van der Waals surface area contributed by atoms with Gasteiger partial charge < -0.3 is 4.74 Å². The Balaban J connectivity index is 1.42. The second-order valence-corrected chi connectivity index (χ2v) is 10.1. The molecule has 4 rings (SSSR count). The smallest absolute Gasteiger partial charge is 0.426 e. The van der Waals surface area contributed by atoms with Crippen LogP contribution in [0.5, 0.6) is 5.75 Å². The van der Waals surface area contributed by atoms with Gasteiger partial charge in [0.25, 0.3) is 0 Å². The third-order valence-electron chi connectivity index (χ3n) is 7.45. The van der Waals surface area contributed by atoms with E-state index in [-0.39, 0.29) is 22.4 Å². The lowest BCUT2D eigenvalue weighted by Gasteiger charge is -2.29. The Morgan fingerprint density at radius 2 is 1.46 bits per heavy atom. The molecule has 0 spiro atoms. The number of benzene rings is 3. The van der Waals surface area contributed by atoms with Crippen LogP contribution in [0, 0.1) is 23.4 Å². The van der Waals surface area contributed by atoms with Gasteiger partial charge in [-0.2, -0.15) is 8.78 Å². The third-order valence-corrected chi connectivity index (χ3v) is 7.45. The van der Waals surface area contributed by atoms with Crippen molar-refractivity contribution in [2.24, 2.45) is 5.92 Å². The van der Waals surface area contributed by atoms with Crippen molar-refractivity contribution in [3.63, 3.8) is 0 Å². The number of ether oxygens (including phenoxy) is 1. The molecule has 0 unspecified atom stereocenters. The number of unbranched alkanes of at least 4 members (excludes halogenated alkanes) is 3. The maximum Gasteiger partial charge on any atom is 0.426 e. The average molecular weight is 517 g/mol. The predicted molar refractivity (Wildman–Crippen MR) is 136 cm³/mol. The Labute approximate surface area is 215 Å². The Hall–Kier alpha value is -2.89. The van der Waals surface area contributed by atoms with E-state index in [1.807, 2.05) is 0 Å². The summed E-state index contributed by atoms with van der Waals surface area (Å²) in [7, 11) is 0. The molecular formula is C31H33F5O. The second kappa shape index (κ2) is 12.1. The van der Waals surface area contributed by atoms with Crippen LogP contribution < -0.4 is 4.74 Å². The van der Waals surface area contributed by atoms with Gasteiger partial charge in [-0.15, -0.1) is 0 Å². The zero-order valence-electron chi connectivity index (χ0n) is 21.1. The molecule has 6 heteroatoms. The van der Waals surface area contributed by atoms with Gasteiger partial charge in [0.1, 0.15) is 5.75 Å². The van der Waals surface area contributed by atoms with E-state index in [0.717, 1.165) is 36.5 Å². The Morgan fingerprint density at radius 1 is 0.811 bits per heavy atom. The van der Waals surface area contributed by atoms with Gasteiger partial charge in [-0.1, -0.05) is 69.4 Å². The zero-order chi connectivity index (χ0) is 26.4. The van der Waals surface area contributed by atoms with Crippen molar-refractivity contribution in [3.05, 3.63) is 89.2 Å². The molecular weight excluding hydrogens is 483 g/mol. The van der Waals surface area contributed by atoms with Crippen LogP contribution in [0.4, 0.5) is 22.0 Å². The maximum atomic E-state index is 15.1. The van der Waals surface area contributed by atoms with Crippen molar-refractivity contribution in [1.82, 2.24) is 0 Å². The monoisotopic (exact) mass is 516 g/mol. The number of para-hydroxylation sites is 1. The molecule has 0 N–H and O–H groups in total. The summed E-state index contributed by atoms with van der Waals surface area (Å²) in [6.45, 7) is 2.22. The van der Waals surface area contributed by atoms with Crippen LogP contribution in [0.25, 0.3) is 11.1 Å². The van der Waals surface area contributed by atoms with E-state index < -0.39 is 23.6 Å². The van der Waals surface area contributed by atoms with Crippen LogP contribution in [0.3, 0.4) is 0 Å². The SMILES string of the molecule is CCCCCCC1CCC(c2ccc(C(F)(F)Oc3ccccc3-c3cc(F)c(F)c(F)c3)cc2)CC1. The molecule has 1 aliphatic carbocycles. The lowest BCUT2D eigenvalue weighted by Crippen LogP contribution is -2.22. The molecule has 3 aromatic carbocycles. The molecule has 0 saturated heterocycles. The van der Waals surface area contributed by atoms with E-state index >= 15 is 8.78 Å². The minimum atomic E-state index is -3.68. The molecule has 1 nitrogen and oxygen atoms in total. The summed E-state index contributed by atoms with van der Waals surface area (Å²) >= 11 is 0. The van der Waals surface area contributed by atoms with Crippen molar-refractivity contribution in [3.8, 4) is 16.9 Å². The molecule has 3 aromatic rings. The molecule has 0 aromatic heterocycles. The number of rotatable bonds is 10. The first kappa shape index (κ1) is 27.2. The number of halogens is 5. The summed E-state index contributed by atoms with van der Waals surface area (Å²) < 4.78 is 76.2. The molecule has 0 aliphatic heterocycles. The first-order valence-corrected chi connectivity index (χ1v) is 13.2. The summed E-state index contributed by atoms with van der Waals surface area (Å²) in [6.07, 6.45) is 7.25. The molecule has 0 radical (unpaired) electrons. The molecule has 0 amide bonds. The van der Waals surface area contributed by atoms with Crippen LogP contribution in [-0.2, 0) is 6.11 Å². The van der Waals surface area contributed by atoms with Crippen molar-refractivity contribution in [2.45, 2.75) is 76.7 Å². The van der Waals surface area contributed by atoms with Crippen LogP contribution in [0.1, 0.15) is 81.8 Å². The Bertz CT molecular complexity index is 1140. The summed E-state index contributed by atoms with van der Waals surface area (Å²) in [5.41, 5.74) is 0.677. The quantitative estimate of drug-likeness (QED) is 0.148. The highest BCUT2D eigenvalue weighted by Gasteiger charge is 2.35. The fourth-order valence-electron chi connectivity index (χ4n) is 5.30. The van der Waals surface area contributed by atoms with Gasteiger partial charge in [0, 0.05) is 5.56 Å². The van der Waals surface area contributed by atoms with E-state index in [1.165, 1.54) is 81.3 Å². The molecule has 1 aliphatic rings. The minimum Gasteiger partial charge on any atom is -0.428 e. The minimum absolute atomic E-state index is 0.0306. The van der Waals surface area contributed by atoms with Gasteiger partial charge in [0.15, 0.2) is 17.5 Å². The van der Waals surface area contributed by atoms with Crippen LogP contribution in [-0.4, -0.2) is 0 Å². The normalized spacial score (nSPS) is 18.1. The lowest BCUT2D eigenvalue weighted by molar-refractivity contribution is -0.185. The number of hydrogen-bond acceptors (Lipinski definition) is 1. The van der Waals surface area contributed by atoms with Crippen LogP contribution >= 0.6 is 0 Å². The average Bonchev–Trinajstić information content (AvgIpc) is 2.90. The van der Waals surface area contributed by atoms with Gasteiger partial charge in [-0.3, -0.25) is 0 Å². The van der Waals surface area contributed by atoms with E-state index in [4.69, 9.17) is 4.74 Å². The van der Waals surface area contributed by atoms with Gasteiger partial charge in [0.2, 0.25) is 0 Å². The highest BCUT2D eigenvalue weighted by molar-refractivity contribution is 5.70. The van der Waals surface area contributed by atoms with Gasteiger partial charge in [-0.25, -0.2) is 13.2 Å². The summed E-state index contributed by atoms with van der Waals surface area (Å²) in [4.78, 5) is 0. The molecule has 198 valence electrons. The number of alkyl halides is 2. The maximum absolute atomic E-state index is 15.1. The number of hydrogen-bond donors (Lipinski definition) is 0. The second-order valence-electron chi connectivity index (χ2n) is 10.1. The summed E-state index contributed by atoms with van der Waals surface area (Å²) in [6, 6.07) is 13.4. The van der Waals surface area contributed by atoms with Crippen molar-refractivity contribution in [1.29, 1.82) is 0 Å². The van der Waals surface area contributed by atoms with E-state index in [0.29, 0.717) is 5.92 Å². The molecule has 0 atom stereocenters. The van der Waals surface area contributed by atoms with Crippen molar-refractivity contribution in [2.75, 3.05) is 0 Å². The predicted octanol–water partition coefficient (Wildman–Crippen LogP) is 10.1. The Kier molecular flexibility index (Phi) is 8.88.